The molecule has 0 spiro atoms. The number of hydrogen-bond acceptors (Lipinski definition) is 3. The Morgan fingerprint density at radius 3 is 2.45 bits per heavy atom. The van der Waals surface area contributed by atoms with Crippen molar-refractivity contribution in [3.05, 3.63) is 29.8 Å². The minimum atomic E-state index is -0.927. The number of carboxylic acid groups (broad SMARTS) is 1. The van der Waals surface area contributed by atoms with E-state index in [1.807, 2.05) is 31.2 Å². The van der Waals surface area contributed by atoms with Crippen LogP contribution in [0.4, 0.5) is 4.79 Å². The molecule has 1 rings (SSSR count). The molecule has 0 radical (unpaired) electrons. The number of hydrogen-bond donors (Lipinski definition) is 2. The maximum atomic E-state index is 11.9. The van der Waals surface area contributed by atoms with Crippen LogP contribution in [-0.4, -0.2) is 42.2 Å². The van der Waals surface area contributed by atoms with Crippen molar-refractivity contribution in [2.45, 2.75) is 19.9 Å². The molecular formula is C14H20N2O4. The van der Waals surface area contributed by atoms with Gasteiger partial charge in [-0.25, -0.2) is 4.79 Å². The third kappa shape index (κ3) is 5.17. The molecule has 0 unspecified atom stereocenters. The summed E-state index contributed by atoms with van der Waals surface area (Å²) in [6.07, 6.45) is -0.0775. The highest BCUT2D eigenvalue weighted by Gasteiger charge is 2.12. The Kier molecular flexibility index (Phi) is 6.36. The summed E-state index contributed by atoms with van der Waals surface area (Å²) in [4.78, 5) is 23.9. The van der Waals surface area contributed by atoms with Crippen molar-refractivity contribution in [1.29, 1.82) is 0 Å². The zero-order valence-corrected chi connectivity index (χ0v) is 11.8. The molecule has 0 fully saturated rings. The first-order valence-electron chi connectivity index (χ1n) is 6.44. The van der Waals surface area contributed by atoms with Crippen molar-refractivity contribution < 1.29 is 19.4 Å². The van der Waals surface area contributed by atoms with Crippen molar-refractivity contribution >= 4 is 12.0 Å². The third-order valence-corrected chi connectivity index (χ3v) is 2.82. The normalized spacial score (nSPS) is 9.90. The maximum Gasteiger partial charge on any atom is 0.317 e. The minimum absolute atomic E-state index is 0.0775. The van der Waals surface area contributed by atoms with Crippen molar-refractivity contribution in [2.24, 2.45) is 0 Å². The van der Waals surface area contributed by atoms with Crippen LogP contribution in [0.15, 0.2) is 24.3 Å². The van der Waals surface area contributed by atoms with Gasteiger partial charge in [0, 0.05) is 19.6 Å². The molecule has 110 valence electrons. The molecule has 2 amide bonds. The SMILES string of the molecule is CCN(Cc1ccc(OC)cc1)C(=O)NCCC(=O)O. The van der Waals surface area contributed by atoms with E-state index in [4.69, 9.17) is 9.84 Å². The third-order valence-electron chi connectivity index (χ3n) is 2.82. The van der Waals surface area contributed by atoms with Crippen LogP contribution in [-0.2, 0) is 11.3 Å². The first-order chi connectivity index (χ1) is 9.56. The number of carbonyl (C=O) groups is 2. The second-order valence-electron chi connectivity index (χ2n) is 4.24. The molecule has 0 saturated heterocycles. The van der Waals surface area contributed by atoms with Gasteiger partial charge in [0.2, 0.25) is 0 Å². The van der Waals surface area contributed by atoms with E-state index in [0.717, 1.165) is 11.3 Å². The molecule has 0 saturated carbocycles. The number of nitrogens with zero attached hydrogens (tertiary/aromatic N) is 1. The van der Waals surface area contributed by atoms with Gasteiger partial charge in [-0.3, -0.25) is 4.79 Å². The minimum Gasteiger partial charge on any atom is -0.497 e. The van der Waals surface area contributed by atoms with Crippen LogP contribution in [0.2, 0.25) is 0 Å². The van der Waals surface area contributed by atoms with Crippen molar-refractivity contribution in [2.75, 3.05) is 20.2 Å². The second-order valence-corrected chi connectivity index (χ2v) is 4.24. The summed E-state index contributed by atoms with van der Waals surface area (Å²) in [5, 5.41) is 11.1. The predicted molar refractivity (Wildman–Crippen MR) is 74.7 cm³/mol. The van der Waals surface area contributed by atoms with E-state index in [1.54, 1.807) is 12.0 Å². The Bertz CT molecular complexity index is 445. The van der Waals surface area contributed by atoms with Gasteiger partial charge in [-0.1, -0.05) is 12.1 Å². The van der Waals surface area contributed by atoms with Crippen molar-refractivity contribution in [3.63, 3.8) is 0 Å². The molecule has 0 aliphatic carbocycles. The zero-order valence-electron chi connectivity index (χ0n) is 11.8. The first kappa shape index (κ1) is 15.8. The number of amides is 2. The summed E-state index contributed by atoms with van der Waals surface area (Å²) in [5.74, 6) is -0.161. The van der Waals surface area contributed by atoms with Crippen molar-refractivity contribution in [1.82, 2.24) is 10.2 Å². The van der Waals surface area contributed by atoms with Crippen LogP contribution in [0.3, 0.4) is 0 Å². The Morgan fingerprint density at radius 1 is 1.30 bits per heavy atom. The van der Waals surface area contributed by atoms with Gasteiger partial charge < -0.3 is 20.1 Å². The molecule has 0 heterocycles. The lowest BCUT2D eigenvalue weighted by Crippen LogP contribution is -2.40. The molecule has 20 heavy (non-hydrogen) atoms. The highest BCUT2D eigenvalue weighted by Crippen LogP contribution is 2.13. The Labute approximate surface area is 118 Å². The van der Waals surface area contributed by atoms with Gasteiger partial charge >= 0.3 is 12.0 Å². The topological polar surface area (TPSA) is 78.9 Å². The van der Waals surface area contributed by atoms with E-state index in [2.05, 4.69) is 5.32 Å². The number of methoxy groups -OCH3 is 1. The van der Waals surface area contributed by atoms with Gasteiger partial charge in [0.15, 0.2) is 0 Å². The zero-order chi connectivity index (χ0) is 15.0. The lowest BCUT2D eigenvalue weighted by Gasteiger charge is -2.21. The van der Waals surface area contributed by atoms with Crippen LogP contribution in [0.5, 0.6) is 5.75 Å². The Morgan fingerprint density at radius 2 is 1.95 bits per heavy atom. The van der Waals surface area contributed by atoms with Gasteiger partial charge in [-0.05, 0) is 24.6 Å². The van der Waals surface area contributed by atoms with E-state index in [0.29, 0.717) is 13.1 Å². The fourth-order valence-corrected chi connectivity index (χ4v) is 1.67. The average molecular weight is 280 g/mol. The number of urea groups is 1. The second kappa shape index (κ2) is 8.04. The molecule has 6 heteroatoms. The lowest BCUT2D eigenvalue weighted by molar-refractivity contribution is -0.136. The van der Waals surface area contributed by atoms with Crippen LogP contribution in [0.1, 0.15) is 18.9 Å². The molecule has 0 bridgehead atoms. The maximum absolute atomic E-state index is 11.9. The van der Waals surface area contributed by atoms with Crippen molar-refractivity contribution in [3.8, 4) is 5.75 Å². The fourth-order valence-electron chi connectivity index (χ4n) is 1.67. The summed E-state index contributed by atoms with van der Waals surface area (Å²) >= 11 is 0. The van der Waals surface area contributed by atoms with Crippen LogP contribution in [0.25, 0.3) is 0 Å². The molecule has 1 aromatic rings. The summed E-state index contributed by atoms with van der Waals surface area (Å²) in [5.41, 5.74) is 0.987. The monoisotopic (exact) mass is 280 g/mol. The van der Waals surface area contributed by atoms with E-state index in [-0.39, 0.29) is 19.0 Å². The quantitative estimate of drug-likeness (QED) is 0.796. The molecule has 6 nitrogen and oxygen atoms in total. The molecule has 0 aliphatic rings. The van der Waals surface area contributed by atoms with Gasteiger partial charge in [0.05, 0.1) is 13.5 Å². The number of carboxylic acids is 1. The summed E-state index contributed by atoms with van der Waals surface area (Å²) in [7, 11) is 1.60. The van der Waals surface area contributed by atoms with Gasteiger partial charge in [0.25, 0.3) is 0 Å². The molecule has 2 N–H and O–H groups in total. The number of nitrogens with one attached hydrogen (secondary N) is 1. The highest BCUT2D eigenvalue weighted by atomic mass is 16.5. The first-order valence-corrected chi connectivity index (χ1v) is 6.44. The van der Waals surface area contributed by atoms with Gasteiger partial charge in [-0.2, -0.15) is 0 Å². The van der Waals surface area contributed by atoms with Gasteiger partial charge in [0.1, 0.15) is 5.75 Å². The molecular weight excluding hydrogens is 260 g/mol. The van der Waals surface area contributed by atoms with E-state index >= 15 is 0 Å². The lowest BCUT2D eigenvalue weighted by atomic mass is 10.2. The summed E-state index contributed by atoms with van der Waals surface area (Å²) in [6.45, 7) is 3.03. The fraction of sp³-hybridized carbons (Fsp3) is 0.429. The standard InChI is InChI=1S/C14H20N2O4/c1-3-16(14(19)15-9-8-13(17)18)10-11-4-6-12(20-2)7-5-11/h4-7H,3,8-10H2,1-2H3,(H,15,19)(H,17,18). The Hall–Kier alpha value is -2.24. The average Bonchev–Trinajstić information content (AvgIpc) is 2.44. The highest BCUT2D eigenvalue weighted by molar-refractivity contribution is 5.75. The number of benzene rings is 1. The summed E-state index contributed by atoms with van der Waals surface area (Å²) in [6, 6.07) is 7.21. The number of ether oxygens (including phenoxy) is 1. The van der Waals surface area contributed by atoms with Crippen LogP contribution in [0, 0.1) is 0 Å². The number of carbonyl (C=O) groups excluding carboxylic acids is 1. The van der Waals surface area contributed by atoms with Gasteiger partial charge in [-0.15, -0.1) is 0 Å². The molecule has 1 aromatic carbocycles. The number of rotatable bonds is 7. The summed E-state index contributed by atoms with van der Waals surface area (Å²) < 4.78 is 5.07. The van der Waals surface area contributed by atoms with E-state index < -0.39 is 5.97 Å². The largest absolute Gasteiger partial charge is 0.497 e. The molecule has 0 atom stereocenters. The van der Waals surface area contributed by atoms with Crippen LogP contribution >= 0.6 is 0 Å². The van der Waals surface area contributed by atoms with Crippen LogP contribution < -0.4 is 10.1 Å². The smallest absolute Gasteiger partial charge is 0.317 e. The number of aliphatic carboxylic acids is 1. The predicted octanol–water partition coefficient (Wildman–Crippen LogP) is 1.70. The van der Waals surface area contributed by atoms with E-state index in [9.17, 15) is 9.59 Å². The molecule has 0 aliphatic heterocycles. The van der Waals surface area contributed by atoms with E-state index in [1.165, 1.54) is 0 Å². The molecule has 0 aromatic heterocycles. The Balaban J connectivity index is 2.52.